The maximum Gasteiger partial charge on any atom is 0.327 e. The molecule has 1 saturated carbocycles. The Labute approximate surface area is 192 Å². The number of nitrogens with one attached hydrogen (secondary N) is 1. The van der Waals surface area contributed by atoms with E-state index >= 15 is 0 Å². The van der Waals surface area contributed by atoms with Crippen molar-refractivity contribution in [1.29, 1.82) is 0 Å². The van der Waals surface area contributed by atoms with Crippen molar-refractivity contribution >= 4 is 29.4 Å². The van der Waals surface area contributed by atoms with Crippen LogP contribution < -0.4 is 5.32 Å². The molecule has 1 aromatic carbocycles. The van der Waals surface area contributed by atoms with E-state index in [1.807, 2.05) is 29.2 Å². The van der Waals surface area contributed by atoms with Crippen LogP contribution in [0.4, 0.5) is 4.79 Å². The maximum absolute atomic E-state index is 13.3. The average Bonchev–Trinajstić information content (AvgIpc) is 3.32. The first-order valence-corrected chi connectivity index (χ1v) is 11.6. The van der Waals surface area contributed by atoms with E-state index in [1.54, 1.807) is 18.4 Å². The second-order valence-electron chi connectivity index (χ2n) is 8.41. The molecule has 2 aliphatic rings. The molecule has 2 unspecified atom stereocenters. The first-order valence-electron chi connectivity index (χ1n) is 11.2. The number of imide groups is 1. The van der Waals surface area contributed by atoms with E-state index in [0.717, 1.165) is 31.2 Å². The molecule has 1 aliphatic heterocycles. The summed E-state index contributed by atoms with van der Waals surface area (Å²) in [6.07, 6.45) is 5.82. The first-order chi connectivity index (χ1) is 15.5. The summed E-state index contributed by atoms with van der Waals surface area (Å²) < 4.78 is 5.20. The topological polar surface area (TPSA) is 82.9 Å². The number of furan rings is 1. The average molecular weight is 458 g/mol. The number of fused-ring (bicyclic) bond motifs is 1. The molecule has 2 aromatic rings. The highest BCUT2D eigenvalue weighted by Gasteiger charge is 2.46. The van der Waals surface area contributed by atoms with E-state index in [0.29, 0.717) is 30.3 Å². The van der Waals surface area contributed by atoms with Crippen molar-refractivity contribution in [2.75, 3.05) is 6.54 Å². The highest BCUT2D eigenvalue weighted by atomic mass is 35.5. The number of carbonyl (C=O) groups is 3. The van der Waals surface area contributed by atoms with E-state index in [-0.39, 0.29) is 42.8 Å². The summed E-state index contributed by atoms with van der Waals surface area (Å²) in [7, 11) is 0. The Morgan fingerprint density at radius 1 is 1.12 bits per heavy atom. The molecule has 4 rings (SSSR count). The summed E-state index contributed by atoms with van der Waals surface area (Å²) >= 11 is 6.35. The number of urea groups is 1. The van der Waals surface area contributed by atoms with Crippen LogP contribution in [0.3, 0.4) is 0 Å². The van der Waals surface area contributed by atoms with Crippen LogP contribution in [0, 0.1) is 5.92 Å². The number of nitrogens with zero attached hydrogens (tertiary/aromatic N) is 2. The third-order valence-corrected chi connectivity index (χ3v) is 6.68. The van der Waals surface area contributed by atoms with Gasteiger partial charge in [0.1, 0.15) is 5.76 Å². The lowest BCUT2D eigenvalue weighted by Crippen LogP contribution is -2.62. The Balaban J connectivity index is 1.39. The lowest BCUT2D eigenvalue weighted by atomic mass is 9.81. The van der Waals surface area contributed by atoms with Crippen LogP contribution in [0.25, 0.3) is 0 Å². The lowest BCUT2D eigenvalue weighted by Gasteiger charge is -2.47. The first kappa shape index (κ1) is 22.4. The van der Waals surface area contributed by atoms with Crippen LogP contribution in [-0.4, -0.2) is 40.2 Å². The molecule has 0 radical (unpaired) electrons. The van der Waals surface area contributed by atoms with Crippen molar-refractivity contribution < 1.29 is 18.8 Å². The smallest absolute Gasteiger partial charge is 0.327 e. The normalized spacial score (nSPS) is 20.9. The zero-order chi connectivity index (χ0) is 22.5. The number of hydrogen-bond donors (Lipinski definition) is 1. The molecule has 32 heavy (non-hydrogen) atoms. The molecule has 2 fully saturated rings. The van der Waals surface area contributed by atoms with Crippen molar-refractivity contribution in [2.24, 2.45) is 5.92 Å². The molecule has 8 heteroatoms. The molecule has 4 amide bonds. The number of rotatable bonds is 8. The SMILES string of the molecule is O=C(CCCN1C(=O)C2CCCCC2N(Cc2ccccc2Cl)C1=O)NCc1ccco1. The van der Waals surface area contributed by atoms with Crippen molar-refractivity contribution in [3.8, 4) is 0 Å². The molecule has 7 nitrogen and oxygen atoms in total. The Kier molecular flexibility index (Phi) is 7.15. The fourth-order valence-electron chi connectivity index (χ4n) is 4.65. The minimum atomic E-state index is -0.283. The number of hydrogen-bond acceptors (Lipinski definition) is 4. The van der Waals surface area contributed by atoms with Gasteiger partial charge in [-0.25, -0.2) is 4.79 Å². The molecule has 0 bridgehead atoms. The molecule has 1 saturated heterocycles. The van der Waals surface area contributed by atoms with Gasteiger partial charge in [-0.1, -0.05) is 42.6 Å². The Hall–Kier alpha value is -2.80. The second-order valence-corrected chi connectivity index (χ2v) is 8.82. The third kappa shape index (κ3) is 4.99. The zero-order valence-corrected chi connectivity index (χ0v) is 18.7. The van der Waals surface area contributed by atoms with Crippen LogP contribution in [-0.2, 0) is 22.7 Å². The van der Waals surface area contributed by atoms with Gasteiger partial charge in [0.25, 0.3) is 0 Å². The van der Waals surface area contributed by atoms with Gasteiger partial charge in [0.2, 0.25) is 11.8 Å². The second kappa shape index (κ2) is 10.2. The monoisotopic (exact) mass is 457 g/mol. The van der Waals surface area contributed by atoms with Crippen molar-refractivity contribution in [1.82, 2.24) is 15.1 Å². The van der Waals surface area contributed by atoms with Gasteiger partial charge in [0, 0.05) is 30.6 Å². The summed E-state index contributed by atoms with van der Waals surface area (Å²) in [6, 6.07) is 10.7. The lowest BCUT2D eigenvalue weighted by molar-refractivity contribution is -0.141. The predicted molar refractivity (Wildman–Crippen MR) is 120 cm³/mol. The van der Waals surface area contributed by atoms with Gasteiger partial charge < -0.3 is 14.6 Å². The van der Waals surface area contributed by atoms with Crippen molar-refractivity contribution in [3.05, 3.63) is 59.0 Å². The molecule has 170 valence electrons. The molecule has 0 spiro atoms. The van der Waals surface area contributed by atoms with Gasteiger partial charge in [-0.05, 0) is 43.0 Å². The number of amides is 4. The number of halogens is 1. The quantitative estimate of drug-likeness (QED) is 0.638. The van der Waals surface area contributed by atoms with E-state index < -0.39 is 0 Å². The highest BCUT2D eigenvalue weighted by Crippen LogP contribution is 2.36. The maximum atomic E-state index is 13.3. The van der Waals surface area contributed by atoms with Crippen LogP contribution in [0.1, 0.15) is 49.8 Å². The highest BCUT2D eigenvalue weighted by molar-refractivity contribution is 6.31. The van der Waals surface area contributed by atoms with Crippen LogP contribution >= 0.6 is 11.6 Å². The third-order valence-electron chi connectivity index (χ3n) is 6.31. The van der Waals surface area contributed by atoms with Crippen molar-refractivity contribution in [3.63, 3.8) is 0 Å². The fraction of sp³-hybridized carbons (Fsp3) is 0.458. The minimum Gasteiger partial charge on any atom is -0.467 e. The van der Waals surface area contributed by atoms with Gasteiger partial charge in [-0.15, -0.1) is 0 Å². The standard InChI is InChI=1S/C24H28ClN3O4/c25-20-10-3-1-7-17(20)16-28-21-11-4-2-9-19(21)23(30)27(24(28)31)13-5-12-22(29)26-15-18-8-6-14-32-18/h1,3,6-8,10,14,19,21H,2,4-5,9,11-13,15-16H2,(H,26,29). The van der Waals surface area contributed by atoms with E-state index in [2.05, 4.69) is 5.32 Å². The largest absolute Gasteiger partial charge is 0.467 e. The summed E-state index contributed by atoms with van der Waals surface area (Å²) in [6.45, 7) is 0.934. The molecule has 1 N–H and O–H groups in total. The van der Waals surface area contributed by atoms with E-state index in [1.165, 1.54) is 4.90 Å². The molecular formula is C24H28ClN3O4. The summed E-state index contributed by atoms with van der Waals surface area (Å²) in [5.74, 6) is 0.253. The Morgan fingerprint density at radius 2 is 1.94 bits per heavy atom. The molecule has 2 atom stereocenters. The summed E-state index contributed by atoms with van der Waals surface area (Å²) in [5, 5.41) is 3.41. The summed E-state index contributed by atoms with van der Waals surface area (Å²) in [4.78, 5) is 41.8. The van der Waals surface area contributed by atoms with Gasteiger partial charge in [-0.2, -0.15) is 0 Å². The predicted octanol–water partition coefficient (Wildman–Crippen LogP) is 4.35. The van der Waals surface area contributed by atoms with E-state index in [4.69, 9.17) is 16.0 Å². The van der Waals surface area contributed by atoms with E-state index in [9.17, 15) is 14.4 Å². The Morgan fingerprint density at radius 3 is 2.72 bits per heavy atom. The minimum absolute atomic E-state index is 0.0899. The molecular weight excluding hydrogens is 430 g/mol. The summed E-state index contributed by atoms with van der Waals surface area (Å²) in [5.41, 5.74) is 0.874. The fourth-order valence-corrected chi connectivity index (χ4v) is 4.85. The van der Waals surface area contributed by atoms with Gasteiger partial charge in [-0.3, -0.25) is 14.5 Å². The molecule has 2 heterocycles. The Bertz CT molecular complexity index is 962. The van der Waals surface area contributed by atoms with Crippen LogP contribution in [0.5, 0.6) is 0 Å². The van der Waals surface area contributed by atoms with Gasteiger partial charge in [0.05, 0.1) is 18.7 Å². The van der Waals surface area contributed by atoms with Crippen molar-refractivity contribution in [2.45, 2.75) is 57.7 Å². The van der Waals surface area contributed by atoms with Gasteiger partial charge in [0.15, 0.2) is 0 Å². The molecule has 1 aliphatic carbocycles. The van der Waals surface area contributed by atoms with Crippen LogP contribution in [0.2, 0.25) is 5.02 Å². The number of benzene rings is 1. The number of carbonyl (C=O) groups excluding carboxylic acids is 3. The molecule has 1 aromatic heterocycles. The van der Waals surface area contributed by atoms with Crippen LogP contribution in [0.15, 0.2) is 47.1 Å². The van der Waals surface area contributed by atoms with Gasteiger partial charge >= 0.3 is 6.03 Å². The zero-order valence-electron chi connectivity index (χ0n) is 18.0.